The van der Waals surface area contributed by atoms with E-state index in [-0.39, 0.29) is 18.7 Å². The number of likely N-dealkylation sites (tertiary alicyclic amines) is 1. The molecule has 1 aliphatic heterocycles. The maximum Gasteiger partial charge on any atom is 0.410 e. The summed E-state index contributed by atoms with van der Waals surface area (Å²) in [4.78, 5) is 26.5. The van der Waals surface area contributed by atoms with Gasteiger partial charge in [-0.1, -0.05) is 37.3 Å². The van der Waals surface area contributed by atoms with E-state index in [0.717, 1.165) is 5.56 Å². The summed E-state index contributed by atoms with van der Waals surface area (Å²) in [5.41, 5.74) is -0.0357. The molecule has 1 amide bonds. The molecule has 0 spiro atoms. The molecule has 1 aliphatic rings. The molecule has 5 nitrogen and oxygen atoms in total. The predicted octanol–water partition coefficient (Wildman–Crippen LogP) is 4.16. The van der Waals surface area contributed by atoms with Crippen molar-refractivity contribution >= 4 is 12.1 Å². The highest BCUT2D eigenvalue weighted by molar-refractivity contribution is 5.77. The molecular weight excluding hydrogens is 318 g/mol. The lowest BCUT2D eigenvalue weighted by atomic mass is 9.76. The van der Waals surface area contributed by atoms with Crippen molar-refractivity contribution < 1.29 is 19.1 Å². The maximum atomic E-state index is 12.7. The SMILES string of the molecule is CCC1(C(=O)OCc2ccccc2)CCN(C(=O)OC(C)(C)C)CC1. The Balaban J connectivity index is 1.91. The minimum absolute atomic E-state index is 0.164. The fourth-order valence-corrected chi connectivity index (χ4v) is 3.02. The van der Waals surface area contributed by atoms with Gasteiger partial charge in [-0.05, 0) is 45.6 Å². The zero-order valence-electron chi connectivity index (χ0n) is 15.7. The van der Waals surface area contributed by atoms with Crippen LogP contribution in [0.1, 0.15) is 52.5 Å². The number of nitrogens with zero attached hydrogens (tertiary/aromatic N) is 1. The van der Waals surface area contributed by atoms with Gasteiger partial charge in [-0.25, -0.2) is 4.79 Å². The second kappa shape index (κ2) is 7.89. The van der Waals surface area contributed by atoms with Crippen LogP contribution in [-0.4, -0.2) is 35.7 Å². The van der Waals surface area contributed by atoms with Gasteiger partial charge in [0, 0.05) is 13.1 Å². The quantitative estimate of drug-likeness (QED) is 0.768. The summed E-state index contributed by atoms with van der Waals surface area (Å²) >= 11 is 0. The number of piperidine rings is 1. The molecule has 138 valence electrons. The Morgan fingerprint density at radius 2 is 1.72 bits per heavy atom. The van der Waals surface area contributed by atoms with Gasteiger partial charge in [0.2, 0.25) is 0 Å². The van der Waals surface area contributed by atoms with E-state index in [9.17, 15) is 9.59 Å². The van der Waals surface area contributed by atoms with Gasteiger partial charge >= 0.3 is 12.1 Å². The Labute approximate surface area is 150 Å². The maximum absolute atomic E-state index is 12.7. The van der Waals surface area contributed by atoms with Crippen LogP contribution in [-0.2, 0) is 20.9 Å². The third-order valence-electron chi connectivity index (χ3n) is 4.69. The first-order valence-corrected chi connectivity index (χ1v) is 8.95. The average molecular weight is 347 g/mol. The Morgan fingerprint density at radius 3 is 2.24 bits per heavy atom. The lowest BCUT2D eigenvalue weighted by Crippen LogP contribution is -2.48. The summed E-state index contributed by atoms with van der Waals surface area (Å²) in [5.74, 6) is -0.164. The van der Waals surface area contributed by atoms with Crippen LogP contribution in [0.4, 0.5) is 4.79 Å². The molecule has 0 saturated carbocycles. The molecule has 2 rings (SSSR count). The normalized spacial score (nSPS) is 17.0. The molecule has 0 bridgehead atoms. The van der Waals surface area contributed by atoms with Crippen LogP contribution in [0.15, 0.2) is 30.3 Å². The Hall–Kier alpha value is -2.04. The van der Waals surface area contributed by atoms with Gasteiger partial charge in [-0.2, -0.15) is 0 Å². The zero-order chi connectivity index (χ0) is 18.5. The number of hydrogen-bond donors (Lipinski definition) is 0. The summed E-state index contributed by atoms with van der Waals surface area (Å²) in [6.45, 7) is 8.89. The number of ether oxygens (including phenoxy) is 2. The van der Waals surface area contributed by atoms with Crippen LogP contribution in [0, 0.1) is 5.41 Å². The molecule has 0 radical (unpaired) electrons. The van der Waals surface area contributed by atoms with E-state index in [1.165, 1.54) is 0 Å². The molecule has 1 heterocycles. The summed E-state index contributed by atoms with van der Waals surface area (Å²) < 4.78 is 11.0. The van der Waals surface area contributed by atoms with Gasteiger partial charge in [-0.15, -0.1) is 0 Å². The average Bonchev–Trinajstić information content (AvgIpc) is 2.59. The molecule has 5 heteroatoms. The molecule has 0 atom stereocenters. The van der Waals surface area contributed by atoms with Crippen LogP contribution in [0.3, 0.4) is 0 Å². The highest BCUT2D eigenvalue weighted by atomic mass is 16.6. The smallest absolute Gasteiger partial charge is 0.410 e. The largest absolute Gasteiger partial charge is 0.460 e. The molecule has 0 aliphatic carbocycles. The Kier molecular flexibility index (Phi) is 6.09. The van der Waals surface area contributed by atoms with Crippen molar-refractivity contribution in [1.82, 2.24) is 4.90 Å². The minimum Gasteiger partial charge on any atom is -0.460 e. The molecule has 1 aromatic rings. The molecular formula is C20H29NO4. The van der Waals surface area contributed by atoms with E-state index in [4.69, 9.17) is 9.47 Å². The van der Waals surface area contributed by atoms with Gasteiger partial charge in [-0.3, -0.25) is 4.79 Å². The number of rotatable bonds is 4. The van der Waals surface area contributed by atoms with Crippen molar-refractivity contribution in [3.63, 3.8) is 0 Å². The molecule has 1 aromatic carbocycles. The predicted molar refractivity (Wildman–Crippen MR) is 96.0 cm³/mol. The van der Waals surface area contributed by atoms with Crippen molar-refractivity contribution in [2.75, 3.05) is 13.1 Å². The van der Waals surface area contributed by atoms with E-state index < -0.39 is 11.0 Å². The highest BCUT2D eigenvalue weighted by Gasteiger charge is 2.42. The van der Waals surface area contributed by atoms with Gasteiger partial charge in [0.1, 0.15) is 12.2 Å². The topological polar surface area (TPSA) is 55.8 Å². The van der Waals surface area contributed by atoms with Crippen LogP contribution < -0.4 is 0 Å². The molecule has 0 unspecified atom stereocenters. The van der Waals surface area contributed by atoms with Gasteiger partial charge < -0.3 is 14.4 Å². The Morgan fingerprint density at radius 1 is 1.12 bits per heavy atom. The van der Waals surface area contributed by atoms with Crippen molar-refractivity contribution in [1.29, 1.82) is 0 Å². The molecule has 1 fully saturated rings. The minimum atomic E-state index is -0.509. The van der Waals surface area contributed by atoms with Crippen LogP contribution in [0.2, 0.25) is 0 Å². The fraction of sp³-hybridized carbons (Fsp3) is 0.600. The van der Waals surface area contributed by atoms with Crippen molar-refractivity contribution in [2.24, 2.45) is 5.41 Å². The lowest BCUT2D eigenvalue weighted by Gasteiger charge is -2.39. The van der Waals surface area contributed by atoms with Crippen molar-refractivity contribution in [3.05, 3.63) is 35.9 Å². The van der Waals surface area contributed by atoms with Crippen LogP contribution >= 0.6 is 0 Å². The fourth-order valence-electron chi connectivity index (χ4n) is 3.02. The molecule has 0 N–H and O–H groups in total. The number of amides is 1. The monoisotopic (exact) mass is 347 g/mol. The van der Waals surface area contributed by atoms with Crippen molar-refractivity contribution in [3.8, 4) is 0 Å². The zero-order valence-corrected chi connectivity index (χ0v) is 15.7. The second-order valence-electron chi connectivity index (χ2n) is 7.66. The van der Waals surface area contributed by atoms with E-state index in [1.807, 2.05) is 58.0 Å². The lowest BCUT2D eigenvalue weighted by molar-refractivity contribution is -0.160. The van der Waals surface area contributed by atoms with Gasteiger partial charge in [0.25, 0.3) is 0 Å². The standard InChI is InChI=1S/C20H29NO4/c1-5-20(17(22)24-15-16-9-7-6-8-10-16)11-13-21(14-12-20)18(23)25-19(2,3)4/h6-10H,5,11-15H2,1-4H3. The number of esters is 1. The summed E-state index contributed by atoms with van der Waals surface area (Å²) in [5, 5.41) is 0. The van der Waals surface area contributed by atoms with Gasteiger partial charge in [0.05, 0.1) is 5.41 Å². The summed E-state index contributed by atoms with van der Waals surface area (Å²) in [6, 6.07) is 9.68. The second-order valence-corrected chi connectivity index (χ2v) is 7.66. The van der Waals surface area contributed by atoms with E-state index in [2.05, 4.69) is 0 Å². The molecule has 0 aromatic heterocycles. The molecule has 25 heavy (non-hydrogen) atoms. The van der Waals surface area contributed by atoms with E-state index >= 15 is 0 Å². The van der Waals surface area contributed by atoms with Crippen molar-refractivity contribution in [2.45, 2.75) is 59.2 Å². The van der Waals surface area contributed by atoms with E-state index in [0.29, 0.717) is 32.4 Å². The van der Waals surface area contributed by atoms with E-state index in [1.54, 1.807) is 4.90 Å². The molecule has 1 saturated heterocycles. The summed E-state index contributed by atoms with van der Waals surface area (Å²) in [6.07, 6.45) is 1.62. The van der Waals surface area contributed by atoms with Gasteiger partial charge in [0.15, 0.2) is 0 Å². The first-order valence-electron chi connectivity index (χ1n) is 8.95. The first-order chi connectivity index (χ1) is 11.8. The number of carbonyl (C=O) groups is 2. The number of carbonyl (C=O) groups excluding carboxylic acids is 2. The first kappa shape index (κ1) is 19.3. The highest BCUT2D eigenvalue weighted by Crippen LogP contribution is 2.37. The third kappa shape index (κ3) is 5.21. The van der Waals surface area contributed by atoms with Crippen LogP contribution in [0.25, 0.3) is 0 Å². The number of benzene rings is 1. The summed E-state index contributed by atoms with van der Waals surface area (Å²) in [7, 11) is 0. The Bertz CT molecular complexity index is 583. The number of hydrogen-bond acceptors (Lipinski definition) is 4. The third-order valence-corrected chi connectivity index (χ3v) is 4.69. The van der Waals surface area contributed by atoms with Crippen LogP contribution in [0.5, 0.6) is 0 Å².